The number of rotatable bonds is 1. The maximum atomic E-state index is 12.6. The van der Waals surface area contributed by atoms with Crippen LogP contribution in [0.25, 0.3) is 0 Å². The molecule has 1 rings (SSSR count). The first-order chi connectivity index (χ1) is 5.54. The molecular formula is C7H5BFNO2. The summed E-state index contributed by atoms with van der Waals surface area (Å²) in [6, 6.07) is 2.04. The molecule has 0 amide bonds. The highest BCUT2D eigenvalue weighted by atomic mass is 19.1. The van der Waals surface area contributed by atoms with Crippen molar-refractivity contribution in [1.82, 2.24) is 0 Å². The summed E-state index contributed by atoms with van der Waals surface area (Å²) in [5, 5.41) is 8.52. The summed E-state index contributed by atoms with van der Waals surface area (Å²) < 4.78 is 12.6. The highest BCUT2D eigenvalue weighted by Crippen LogP contribution is 2.09. The fourth-order valence-electron chi connectivity index (χ4n) is 0.796. The smallest absolute Gasteiger partial charge is 0.337 e. The van der Waals surface area contributed by atoms with Crippen molar-refractivity contribution in [3.05, 3.63) is 23.5 Å². The van der Waals surface area contributed by atoms with E-state index in [9.17, 15) is 9.18 Å². The first-order valence-electron chi connectivity index (χ1n) is 3.10. The molecule has 0 aromatic heterocycles. The van der Waals surface area contributed by atoms with E-state index in [1.165, 1.54) is 0 Å². The van der Waals surface area contributed by atoms with Crippen LogP contribution in [-0.4, -0.2) is 18.9 Å². The van der Waals surface area contributed by atoms with Crippen molar-refractivity contribution in [3.63, 3.8) is 0 Å². The van der Waals surface area contributed by atoms with E-state index in [2.05, 4.69) is 0 Å². The predicted octanol–water partition coefficient (Wildman–Crippen LogP) is -0.100. The molecule has 2 radical (unpaired) electrons. The number of nitrogen functional groups attached to an aromatic ring is 1. The lowest BCUT2D eigenvalue weighted by molar-refractivity contribution is 0.0698. The van der Waals surface area contributed by atoms with E-state index in [0.29, 0.717) is 0 Å². The van der Waals surface area contributed by atoms with Gasteiger partial charge >= 0.3 is 5.97 Å². The monoisotopic (exact) mass is 165 g/mol. The number of carbonyl (C=O) groups is 1. The second kappa shape index (κ2) is 2.85. The van der Waals surface area contributed by atoms with Crippen LogP contribution in [0.15, 0.2) is 12.1 Å². The molecule has 5 heteroatoms. The highest BCUT2D eigenvalue weighted by Gasteiger charge is 2.11. The molecule has 0 bridgehead atoms. The van der Waals surface area contributed by atoms with Gasteiger partial charge < -0.3 is 10.8 Å². The maximum Gasteiger partial charge on any atom is 0.337 e. The normalized spacial score (nSPS) is 9.75. The zero-order valence-corrected chi connectivity index (χ0v) is 6.04. The Kier molecular flexibility index (Phi) is 2.04. The number of aromatic carboxylic acids is 1. The Hall–Kier alpha value is -1.52. The molecule has 0 spiro atoms. The van der Waals surface area contributed by atoms with Gasteiger partial charge in [0.1, 0.15) is 13.7 Å². The Balaban J connectivity index is 3.36. The van der Waals surface area contributed by atoms with E-state index < -0.39 is 11.8 Å². The summed E-state index contributed by atoms with van der Waals surface area (Å²) in [6.07, 6.45) is 0. The van der Waals surface area contributed by atoms with Gasteiger partial charge in [0, 0.05) is 5.69 Å². The summed E-state index contributed by atoms with van der Waals surface area (Å²) in [4.78, 5) is 10.4. The van der Waals surface area contributed by atoms with Gasteiger partial charge in [0.15, 0.2) is 0 Å². The quantitative estimate of drug-likeness (QED) is 0.451. The first-order valence-corrected chi connectivity index (χ1v) is 3.10. The molecule has 12 heavy (non-hydrogen) atoms. The van der Waals surface area contributed by atoms with Crippen LogP contribution >= 0.6 is 0 Å². The Labute approximate surface area is 69.4 Å². The number of benzene rings is 1. The molecule has 0 aliphatic rings. The third kappa shape index (κ3) is 1.25. The van der Waals surface area contributed by atoms with Gasteiger partial charge in [-0.2, -0.15) is 0 Å². The molecule has 1 aromatic carbocycles. The summed E-state index contributed by atoms with van der Waals surface area (Å²) in [7, 11) is 5.16. The Morgan fingerprint density at radius 3 is 2.67 bits per heavy atom. The van der Waals surface area contributed by atoms with Crippen molar-refractivity contribution in [2.24, 2.45) is 0 Å². The molecule has 3 nitrogen and oxygen atoms in total. The molecule has 0 fully saturated rings. The van der Waals surface area contributed by atoms with Crippen LogP contribution in [0.5, 0.6) is 0 Å². The number of hydrogen-bond donors (Lipinski definition) is 2. The van der Waals surface area contributed by atoms with Gasteiger partial charge in [0.05, 0.1) is 5.56 Å². The van der Waals surface area contributed by atoms with Crippen LogP contribution in [0.2, 0.25) is 0 Å². The summed E-state index contributed by atoms with van der Waals surface area (Å²) >= 11 is 0. The maximum absolute atomic E-state index is 12.6. The summed E-state index contributed by atoms with van der Waals surface area (Å²) in [5.74, 6) is -1.93. The largest absolute Gasteiger partial charge is 0.478 e. The minimum Gasteiger partial charge on any atom is -0.478 e. The molecule has 0 heterocycles. The van der Waals surface area contributed by atoms with Crippen molar-refractivity contribution in [3.8, 4) is 0 Å². The van der Waals surface area contributed by atoms with Crippen LogP contribution in [0.4, 0.5) is 10.1 Å². The number of carboxylic acid groups (broad SMARTS) is 1. The summed E-state index contributed by atoms with van der Waals surface area (Å²) in [6.45, 7) is 0. The van der Waals surface area contributed by atoms with E-state index in [1.807, 2.05) is 0 Å². The van der Waals surface area contributed by atoms with Crippen LogP contribution in [0.3, 0.4) is 0 Å². The van der Waals surface area contributed by atoms with Crippen LogP contribution < -0.4 is 11.2 Å². The van der Waals surface area contributed by atoms with E-state index in [1.54, 1.807) is 0 Å². The van der Waals surface area contributed by atoms with Crippen LogP contribution in [0, 0.1) is 5.82 Å². The average Bonchev–Trinajstić information content (AvgIpc) is 2.00. The molecule has 0 atom stereocenters. The third-order valence-electron chi connectivity index (χ3n) is 1.46. The Morgan fingerprint density at radius 1 is 1.58 bits per heavy atom. The molecule has 0 saturated heterocycles. The standard InChI is InChI=1S/C7H5BFNO2/c8-5-4(9)2-1-3(6(5)10)7(11)12/h1-2H,10H2,(H,11,12). The second-order valence-corrected chi connectivity index (χ2v) is 2.23. The Morgan fingerprint density at radius 2 is 2.17 bits per heavy atom. The van der Waals surface area contributed by atoms with Gasteiger partial charge in [-0.05, 0) is 17.6 Å². The van der Waals surface area contributed by atoms with Gasteiger partial charge in [-0.25, -0.2) is 9.18 Å². The lowest BCUT2D eigenvalue weighted by Crippen LogP contribution is -2.18. The zero-order valence-electron chi connectivity index (χ0n) is 6.04. The predicted molar refractivity (Wildman–Crippen MR) is 43.2 cm³/mol. The van der Waals surface area contributed by atoms with E-state index in [4.69, 9.17) is 18.7 Å². The van der Waals surface area contributed by atoms with Crippen molar-refractivity contribution < 1.29 is 14.3 Å². The number of hydrogen-bond acceptors (Lipinski definition) is 2. The number of carboxylic acids is 1. The van der Waals surface area contributed by atoms with Gasteiger partial charge in [-0.3, -0.25) is 0 Å². The van der Waals surface area contributed by atoms with Gasteiger partial charge in [0.25, 0.3) is 0 Å². The van der Waals surface area contributed by atoms with Crippen LogP contribution in [0.1, 0.15) is 10.4 Å². The van der Waals surface area contributed by atoms with E-state index in [-0.39, 0.29) is 16.7 Å². The lowest BCUT2D eigenvalue weighted by atomic mass is 9.91. The minimum absolute atomic E-state index is 0.186. The van der Waals surface area contributed by atoms with Crippen molar-refractivity contribution >= 4 is 25.0 Å². The number of nitrogens with two attached hydrogens (primary N) is 1. The molecule has 0 aliphatic heterocycles. The third-order valence-corrected chi connectivity index (χ3v) is 1.46. The fraction of sp³-hybridized carbons (Fsp3) is 0. The zero-order chi connectivity index (χ0) is 9.30. The van der Waals surface area contributed by atoms with Crippen molar-refractivity contribution in [2.45, 2.75) is 0 Å². The van der Waals surface area contributed by atoms with E-state index >= 15 is 0 Å². The topological polar surface area (TPSA) is 63.3 Å². The fourth-order valence-corrected chi connectivity index (χ4v) is 0.796. The number of halogens is 1. The SMILES string of the molecule is [B]c1c(F)ccc(C(=O)O)c1N. The molecule has 0 unspecified atom stereocenters. The second-order valence-electron chi connectivity index (χ2n) is 2.23. The summed E-state index contributed by atoms with van der Waals surface area (Å²) in [5.41, 5.74) is 4.49. The van der Waals surface area contributed by atoms with Crippen molar-refractivity contribution in [2.75, 3.05) is 5.73 Å². The molecular weight excluding hydrogens is 160 g/mol. The molecule has 3 N–H and O–H groups in total. The molecule has 0 aliphatic carbocycles. The lowest BCUT2D eigenvalue weighted by Gasteiger charge is -2.04. The highest BCUT2D eigenvalue weighted by molar-refractivity contribution is 6.36. The van der Waals surface area contributed by atoms with Gasteiger partial charge in [-0.1, -0.05) is 0 Å². The molecule has 1 aromatic rings. The van der Waals surface area contributed by atoms with Crippen LogP contribution in [-0.2, 0) is 0 Å². The number of anilines is 1. The first kappa shape index (κ1) is 8.58. The molecule has 0 saturated carbocycles. The van der Waals surface area contributed by atoms with Gasteiger partial charge in [-0.15, -0.1) is 0 Å². The molecule has 60 valence electrons. The minimum atomic E-state index is -1.22. The van der Waals surface area contributed by atoms with E-state index in [0.717, 1.165) is 12.1 Å². The Bertz CT molecular complexity index is 340. The average molecular weight is 165 g/mol. The van der Waals surface area contributed by atoms with Gasteiger partial charge in [0.2, 0.25) is 0 Å². The van der Waals surface area contributed by atoms with Crippen molar-refractivity contribution in [1.29, 1.82) is 0 Å².